The van der Waals surface area contributed by atoms with Crippen LogP contribution < -0.4 is 15.4 Å². The van der Waals surface area contributed by atoms with Gasteiger partial charge in [-0.05, 0) is 54.1 Å². The first-order chi connectivity index (χ1) is 16.5. The predicted octanol–water partition coefficient (Wildman–Crippen LogP) is 2.94. The van der Waals surface area contributed by atoms with Gasteiger partial charge < -0.3 is 20.1 Å². The molecule has 0 spiro atoms. The van der Waals surface area contributed by atoms with Crippen molar-refractivity contribution in [2.45, 2.75) is 25.0 Å². The third-order valence-corrected chi connectivity index (χ3v) is 6.11. The molecule has 1 aromatic heterocycles. The zero-order valence-corrected chi connectivity index (χ0v) is 19.8. The lowest BCUT2D eigenvalue weighted by Gasteiger charge is -2.29. The van der Waals surface area contributed by atoms with Gasteiger partial charge >= 0.3 is 12.0 Å². The van der Waals surface area contributed by atoms with Crippen molar-refractivity contribution in [2.75, 3.05) is 19.5 Å². The largest absolute Gasteiger partial charge is 0.497 e. The highest BCUT2D eigenvalue weighted by Crippen LogP contribution is 2.31. The first-order valence-electron chi connectivity index (χ1n) is 10.6. The number of nitrogens with zero attached hydrogens (tertiary/aromatic N) is 4. The number of aromatic nitrogens is 4. The highest BCUT2D eigenvalue weighted by Gasteiger charge is 2.34. The summed E-state index contributed by atoms with van der Waals surface area (Å²) in [5.74, 6) is 0.412. The number of ether oxygens (including phenoxy) is 2. The number of nitrogens with one attached hydrogen (secondary N) is 2. The highest BCUT2D eigenvalue weighted by atomic mass is 32.2. The molecule has 11 heteroatoms. The number of hydrogen-bond acceptors (Lipinski definition) is 8. The van der Waals surface area contributed by atoms with Crippen molar-refractivity contribution in [3.63, 3.8) is 0 Å². The molecule has 34 heavy (non-hydrogen) atoms. The molecule has 2 heterocycles. The van der Waals surface area contributed by atoms with Gasteiger partial charge in [-0.3, -0.25) is 0 Å². The van der Waals surface area contributed by atoms with Crippen LogP contribution in [0.3, 0.4) is 0 Å². The van der Waals surface area contributed by atoms with Gasteiger partial charge in [0.25, 0.3) is 0 Å². The topological polar surface area (TPSA) is 120 Å². The third-order valence-electron chi connectivity index (χ3n) is 5.16. The molecule has 1 unspecified atom stereocenters. The normalized spacial score (nSPS) is 15.5. The highest BCUT2D eigenvalue weighted by molar-refractivity contribution is 7.99. The minimum absolute atomic E-state index is 0.206. The Kier molecular flexibility index (Phi) is 7.12. The van der Waals surface area contributed by atoms with Gasteiger partial charge in [0, 0.05) is 11.4 Å². The standard InChI is InChI=1S/C23H24N6O4S/c1-4-33-21(30)19-18(24-22(31)25-20(19)15-7-11-17(32-3)12-8-15)13-34-23-26-27-28-29(23)16-9-5-14(2)6-10-16/h5-12,20H,4,13H2,1-3H3,(H2,24,25,31). The third kappa shape index (κ3) is 5.04. The second-order valence-electron chi connectivity index (χ2n) is 7.41. The van der Waals surface area contributed by atoms with Gasteiger partial charge in [-0.25, -0.2) is 9.59 Å². The van der Waals surface area contributed by atoms with E-state index in [1.807, 2.05) is 31.2 Å². The number of thioether (sulfide) groups is 1. The number of urea groups is 1. The number of tetrazole rings is 1. The van der Waals surface area contributed by atoms with Gasteiger partial charge in [0.05, 0.1) is 31.0 Å². The van der Waals surface area contributed by atoms with E-state index in [4.69, 9.17) is 9.47 Å². The van der Waals surface area contributed by atoms with Gasteiger partial charge in [0.15, 0.2) is 0 Å². The fraction of sp³-hybridized carbons (Fsp3) is 0.261. The number of esters is 1. The molecule has 1 atom stereocenters. The Labute approximate surface area is 200 Å². The summed E-state index contributed by atoms with van der Waals surface area (Å²) < 4.78 is 12.1. The number of carbonyl (C=O) groups is 2. The van der Waals surface area contributed by atoms with Crippen LogP contribution in [-0.2, 0) is 9.53 Å². The molecule has 176 valence electrons. The van der Waals surface area contributed by atoms with Crippen LogP contribution in [0.15, 0.2) is 65.0 Å². The summed E-state index contributed by atoms with van der Waals surface area (Å²) in [5.41, 5.74) is 3.42. The molecule has 2 aromatic carbocycles. The fourth-order valence-electron chi connectivity index (χ4n) is 3.48. The van der Waals surface area contributed by atoms with E-state index < -0.39 is 18.0 Å². The number of aryl methyl sites for hydroxylation is 1. The van der Waals surface area contributed by atoms with Crippen molar-refractivity contribution in [3.8, 4) is 11.4 Å². The maximum absolute atomic E-state index is 13.0. The smallest absolute Gasteiger partial charge is 0.338 e. The van der Waals surface area contributed by atoms with E-state index in [9.17, 15) is 9.59 Å². The zero-order valence-electron chi connectivity index (χ0n) is 18.9. The summed E-state index contributed by atoms with van der Waals surface area (Å²) in [7, 11) is 1.57. The Balaban J connectivity index is 1.66. The average Bonchev–Trinajstić information content (AvgIpc) is 3.31. The average molecular weight is 481 g/mol. The van der Waals surface area contributed by atoms with Crippen LogP contribution in [-0.4, -0.2) is 51.7 Å². The van der Waals surface area contributed by atoms with Crippen molar-refractivity contribution >= 4 is 23.8 Å². The Morgan fingerprint density at radius 2 is 1.88 bits per heavy atom. The van der Waals surface area contributed by atoms with Gasteiger partial charge in [-0.15, -0.1) is 5.10 Å². The van der Waals surface area contributed by atoms with Crippen LogP contribution >= 0.6 is 11.8 Å². The van der Waals surface area contributed by atoms with Crippen LogP contribution in [0.25, 0.3) is 5.69 Å². The molecule has 0 bridgehead atoms. The molecule has 1 aliphatic heterocycles. The molecule has 1 aliphatic rings. The van der Waals surface area contributed by atoms with Crippen LogP contribution in [0.1, 0.15) is 24.1 Å². The predicted molar refractivity (Wildman–Crippen MR) is 126 cm³/mol. The number of carbonyl (C=O) groups excluding carboxylic acids is 2. The molecule has 0 saturated heterocycles. The van der Waals surface area contributed by atoms with Crippen molar-refractivity contribution in [3.05, 3.63) is 70.9 Å². The number of benzene rings is 2. The van der Waals surface area contributed by atoms with Gasteiger partial charge in [0.2, 0.25) is 5.16 Å². The van der Waals surface area contributed by atoms with Crippen LogP contribution in [0.2, 0.25) is 0 Å². The van der Waals surface area contributed by atoms with E-state index in [2.05, 4.69) is 26.2 Å². The fourth-order valence-corrected chi connectivity index (χ4v) is 4.34. The Bertz CT molecular complexity index is 1210. The molecular formula is C23H24N6O4S. The Morgan fingerprint density at radius 1 is 1.15 bits per heavy atom. The SMILES string of the molecule is CCOC(=O)C1=C(CSc2nnnn2-c2ccc(C)cc2)NC(=O)NC1c1ccc(OC)cc1. The maximum atomic E-state index is 13.0. The summed E-state index contributed by atoms with van der Waals surface area (Å²) in [6, 6.07) is 13.8. The van der Waals surface area contributed by atoms with Gasteiger partial charge in [0.1, 0.15) is 5.75 Å². The van der Waals surface area contributed by atoms with E-state index in [1.54, 1.807) is 43.0 Å². The minimum atomic E-state index is -0.678. The summed E-state index contributed by atoms with van der Waals surface area (Å²) in [4.78, 5) is 25.5. The van der Waals surface area contributed by atoms with E-state index in [0.29, 0.717) is 22.2 Å². The molecule has 0 radical (unpaired) electrons. The summed E-state index contributed by atoms with van der Waals surface area (Å²) in [6.45, 7) is 3.94. The number of amides is 2. The molecule has 0 fully saturated rings. The van der Waals surface area contributed by atoms with Crippen molar-refractivity contribution in [1.29, 1.82) is 0 Å². The minimum Gasteiger partial charge on any atom is -0.497 e. The lowest BCUT2D eigenvalue weighted by atomic mass is 9.95. The van der Waals surface area contributed by atoms with Crippen molar-refractivity contribution < 1.29 is 19.1 Å². The molecule has 10 nitrogen and oxygen atoms in total. The van der Waals surface area contributed by atoms with E-state index in [0.717, 1.165) is 16.8 Å². The second kappa shape index (κ2) is 10.4. The van der Waals surface area contributed by atoms with E-state index >= 15 is 0 Å². The first-order valence-corrected chi connectivity index (χ1v) is 11.6. The summed E-state index contributed by atoms with van der Waals surface area (Å²) >= 11 is 1.30. The lowest BCUT2D eigenvalue weighted by Crippen LogP contribution is -2.46. The molecule has 4 rings (SSSR count). The molecular weight excluding hydrogens is 456 g/mol. The van der Waals surface area contributed by atoms with E-state index in [1.165, 1.54) is 11.8 Å². The molecule has 0 saturated carbocycles. The molecule has 0 aliphatic carbocycles. The lowest BCUT2D eigenvalue weighted by molar-refractivity contribution is -0.139. The number of methoxy groups -OCH3 is 1. The first kappa shape index (κ1) is 23.3. The molecule has 2 amide bonds. The number of hydrogen-bond donors (Lipinski definition) is 2. The Hall–Kier alpha value is -3.86. The Morgan fingerprint density at radius 3 is 2.56 bits per heavy atom. The van der Waals surface area contributed by atoms with Crippen LogP contribution in [0, 0.1) is 6.92 Å². The monoisotopic (exact) mass is 480 g/mol. The van der Waals surface area contributed by atoms with Crippen LogP contribution in [0.4, 0.5) is 4.79 Å². The molecule has 3 aromatic rings. The summed E-state index contributed by atoms with van der Waals surface area (Å²) in [5, 5.41) is 18.1. The van der Waals surface area contributed by atoms with Crippen molar-refractivity contribution in [2.24, 2.45) is 0 Å². The second-order valence-corrected chi connectivity index (χ2v) is 8.36. The molecule has 2 N–H and O–H groups in total. The number of rotatable bonds is 8. The quantitative estimate of drug-likeness (QED) is 0.373. The summed E-state index contributed by atoms with van der Waals surface area (Å²) in [6.07, 6.45) is 0. The zero-order chi connectivity index (χ0) is 24.1. The van der Waals surface area contributed by atoms with Gasteiger partial charge in [-0.1, -0.05) is 41.6 Å². The van der Waals surface area contributed by atoms with Crippen LogP contribution in [0.5, 0.6) is 5.75 Å². The maximum Gasteiger partial charge on any atom is 0.338 e. The van der Waals surface area contributed by atoms with Crippen molar-refractivity contribution in [1.82, 2.24) is 30.8 Å². The van der Waals surface area contributed by atoms with Gasteiger partial charge in [-0.2, -0.15) is 4.68 Å². The van der Waals surface area contributed by atoms with E-state index in [-0.39, 0.29) is 12.4 Å².